The molecule has 4 N–H and O–H groups in total. The molecule has 9 heteroatoms. The lowest BCUT2D eigenvalue weighted by molar-refractivity contribution is -0.120. The van der Waals surface area contributed by atoms with E-state index in [0.717, 1.165) is 17.7 Å². The van der Waals surface area contributed by atoms with Crippen LogP contribution in [0.5, 0.6) is 5.88 Å². The predicted octanol–water partition coefficient (Wildman–Crippen LogP) is 4.03. The maximum atomic E-state index is 14.3. The highest BCUT2D eigenvalue weighted by Crippen LogP contribution is 2.34. The molecule has 158 valence electrons. The molecule has 2 aromatic heterocycles. The van der Waals surface area contributed by atoms with Crippen LogP contribution in [0.4, 0.5) is 20.3 Å². The summed E-state index contributed by atoms with van der Waals surface area (Å²) in [6.07, 6.45) is 1.68. The Kier molecular flexibility index (Phi) is 5.48. The minimum atomic E-state index is -0.792. The zero-order valence-corrected chi connectivity index (χ0v) is 16.5. The van der Waals surface area contributed by atoms with Crippen molar-refractivity contribution in [3.05, 3.63) is 65.9 Å². The molecule has 0 aliphatic carbocycles. The molecular formula is C22H19F2N5O2. The number of rotatable bonds is 6. The molecule has 0 saturated carbocycles. The zero-order valence-electron chi connectivity index (χ0n) is 16.5. The summed E-state index contributed by atoms with van der Waals surface area (Å²) < 4.78 is 28.5. The first-order valence-electron chi connectivity index (χ1n) is 9.61. The van der Waals surface area contributed by atoms with Gasteiger partial charge in [-0.05, 0) is 36.8 Å². The number of H-pyrrole nitrogens is 1. The third-order valence-corrected chi connectivity index (χ3v) is 4.66. The highest BCUT2D eigenvalue weighted by molar-refractivity contribution is 5.96. The standard InChI is InChI=1S/C22H19F2N5O2/c1-2-25-17(30)10-12-6-8-13(9-7-12)27-21-19-16(11-26-22(19)31)28-20(29-21)18-14(23)4-3-5-15(18)24/h3-9,11,26,31H,2,10H2,1H3,(H,25,30)(H,27,28,29). The molecule has 0 aliphatic rings. The number of aromatic amines is 1. The van der Waals surface area contributed by atoms with Crippen molar-refractivity contribution in [1.82, 2.24) is 20.3 Å². The fraction of sp³-hybridized carbons (Fsp3) is 0.136. The summed E-state index contributed by atoms with van der Waals surface area (Å²) >= 11 is 0. The van der Waals surface area contributed by atoms with Crippen LogP contribution >= 0.6 is 0 Å². The van der Waals surface area contributed by atoms with Crippen LogP contribution in [-0.2, 0) is 11.2 Å². The van der Waals surface area contributed by atoms with E-state index < -0.39 is 11.6 Å². The number of nitrogens with zero attached hydrogens (tertiary/aromatic N) is 2. The van der Waals surface area contributed by atoms with Crippen LogP contribution < -0.4 is 10.6 Å². The SMILES string of the molecule is CCNC(=O)Cc1ccc(Nc2nc(-c3c(F)cccc3F)nc3c[nH]c(O)c23)cc1. The molecule has 7 nitrogen and oxygen atoms in total. The second kappa shape index (κ2) is 8.39. The number of aromatic nitrogens is 3. The van der Waals surface area contributed by atoms with Gasteiger partial charge in [-0.1, -0.05) is 18.2 Å². The van der Waals surface area contributed by atoms with Crippen LogP contribution in [0, 0.1) is 11.6 Å². The fourth-order valence-electron chi connectivity index (χ4n) is 3.23. The molecule has 4 rings (SSSR count). The van der Waals surface area contributed by atoms with Crippen molar-refractivity contribution >= 4 is 28.3 Å². The Hall–Kier alpha value is -4.01. The molecule has 0 spiro atoms. The Morgan fingerprint density at radius 2 is 1.81 bits per heavy atom. The van der Waals surface area contributed by atoms with Gasteiger partial charge in [0.2, 0.25) is 11.8 Å². The molecule has 2 aromatic carbocycles. The van der Waals surface area contributed by atoms with E-state index >= 15 is 0 Å². The highest BCUT2D eigenvalue weighted by atomic mass is 19.1. The van der Waals surface area contributed by atoms with Crippen molar-refractivity contribution in [3.8, 4) is 17.3 Å². The van der Waals surface area contributed by atoms with E-state index in [-0.39, 0.29) is 40.8 Å². The van der Waals surface area contributed by atoms with Crippen LogP contribution in [0.15, 0.2) is 48.7 Å². The third kappa shape index (κ3) is 4.16. The number of hydrogen-bond donors (Lipinski definition) is 4. The van der Waals surface area contributed by atoms with Gasteiger partial charge in [0.15, 0.2) is 5.82 Å². The largest absolute Gasteiger partial charge is 0.494 e. The molecule has 4 aromatic rings. The van der Waals surface area contributed by atoms with Crippen LogP contribution in [0.3, 0.4) is 0 Å². The average molecular weight is 423 g/mol. The predicted molar refractivity (Wildman–Crippen MR) is 113 cm³/mol. The quantitative estimate of drug-likeness (QED) is 0.375. The average Bonchev–Trinajstić information content (AvgIpc) is 3.11. The molecule has 2 heterocycles. The van der Waals surface area contributed by atoms with Crippen molar-refractivity contribution in [2.24, 2.45) is 0 Å². The summed E-state index contributed by atoms with van der Waals surface area (Å²) in [5.41, 5.74) is 1.37. The number of likely N-dealkylation sites (N-methyl/N-ethyl adjacent to an activating group) is 1. The Morgan fingerprint density at radius 1 is 1.10 bits per heavy atom. The summed E-state index contributed by atoms with van der Waals surface area (Å²) in [6, 6.07) is 10.6. The van der Waals surface area contributed by atoms with Gasteiger partial charge in [0, 0.05) is 18.4 Å². The number of fused-ring (bicyclic) bond motifs is 1. The number of benzene rings is 2. The lowest BCUT2D eigenvalue weighted by Crippen LogP contribution is -2.24. The highest BCUT2D eigenvalue weighted by Gasteiger charge is 2.19. The van der Waals surface area contributed by atoms with Gasteiger partial charge in [-0.15, -0.1) is 0 Å². The van der Waals surface area contributed by atoms with E-state index in [1.165, 1.54) is 12.3 Å². The molecule has 0 bridgehead atoms. The summed E-state index contributed by atoms with van der Waals surface area (Å²) in [4.78, 5) is 22.8. The first kappa shape index (κ1) is 20.3. The number of aromatic hydroxyl groups is 1. The molecular weight excluding hydrogens is 404 g/mol. The maximum Gasteiger partial charge on any atom is 0.224 e. The van der Waals surface area contributed by atoms with Crippen LogP contribution in [0.25, 0.3) is 22.3 Å². The number of carbonyl (C=O) groups excluding carboxylic acids is 1. The number of hydrogen-bond acceptors (Lipinski definition) is 5. The van der Waals surface area contributed by atoms with E-state index in [9.17, 15) is 18.7 Å². The Bertz CT molecular complexity index is 1230. The smallest absolute Gasteiger partial charge is 0.224 e. The first-order valence-corrected chi connectivity index (χ1v) is 9.61. The zero-order chi connectivity index (χ0) is 22.0. The second-order valence-corrected chi connectivity index (χ2v) is 6.84. The number of anilines is 2. The van der Waals surface area contributed by atoms with E-state index in [4.69, 9.17) is 0 Å². The van der Waals surface area contributed by atoms with E-state index in [2.05, 4.69) is 25.6 Å². The fourth-order valence-corrected chi connectivity index (χ4v) is 3.23. The lowest BCUT2D eigenvalue weighted by atomic mass is 10.1. The lowest BCUT2D eigenvalue weighted by Gasteiger charge is -2.11. The monoisotopic (exact) mass is 423 g/mol. The van der Waals surface area contributed by atoms with Gasteiger partial charge in [-0.2, -0.15) is 0 Å². The number of carbonyl (C=O) groups is 1. The minimum Gasteiger partial charge on any atom is -0.494 e. The molecule has 0 aliphatic heterocycles. The Morgan fingerprint density at radius 3 is 2.48 bits per heavy atom. The molecule has 0 radical (unpaired) electrons. The van der Waals surface area contributed by atoms with Gasteiger partial charge in [0.05, 0.1) is 17.5 Å². The summed E-state index contributed by atoms with van der Waals surface area (Å²) in [7, 11) is 0. The molecule has 0 fully saturated rings. The van der Waals surface area contributed by atoms with E-state index in [0.29, 0.717) is 17.7 Å². The van der Waals surface area contributed by atoms with Gasteiger partial charge in [-0.3, -0.25) is 4.79 Å². The first-order chi connectivity index (χ1) is 15.0. The normalized spacial score (nSPS) is 10.9. The van der Waals surface area contributed by atoms with E-state index in [1.54, 1.807) is 24.3 Å². The summed E-state index contributed by atoms with van der Waals surface area (Å²) in [5, 5.41) is 16.2. The van der Waals surface area contributed by atoms with Gasteiger partial charge in [0.25, 0.3) is 0 Å². The second-order valence-electron chi connectivity index (χ2n) is 6.84. The molecule has 31 heavy (non-hydrogen) atoms. The minimum absolute atomic E-state index is 0.0745. The molecule has 0 unspecified atom stereocenters. The van der Waals surface area contributed by atoms with Gasteiger partial charge >= 0.3 is 0 Å². The summed E-state index contributed by atoms with van der Waals surface area (Å²) in [6.45, 7) is 2.42. The Labute approximate surface area is 176 Å². The van der Waals surface area contributed by atoms with Crippen molar-refractivity contribution < 1.29 is 18.7 Å². The van der Waals surface area contributed by atoms with Crippen molar-refractivity contribution in [1.29, 1.82) is 0 Å². The van der Waals surface area contributed by atoms with Crippen molar-refractivity contribution in [2.75, 3.05) is 11.9 Å². The van der Waals surface area contributed by atoms with Gasteiger partial charge in [-0.25, -0.2) is 18.7 Å². The van der Waals surface area contributed by atoms with Gasteiger partial charge in [0.1, 0.15) is 22.8 Å². The van der Waals surface area contributed by atoms with Crippen LogP contribution in [0.2, 0.25) is 0 Å². The topological polar surface area (TPSA) is 103 Å². The summed E-state index contributed by atoms with van der Waals surface area (Å²) in [5.74, 6) is -1.81. The van der Waals surface area contributed by atoms with Crippen LogP contribution in [-0.4, -0.2) is 32.5 Å². The molecule has 1 amide bonds. The van der Waals surface area contributed by atoms with Crippen molar-refractivity contribution in [2.45, 2.75) is 13.3 Å². The van der Waals surface area contributed by atoms with Crippen molar-refractivity contribution in [3.63, 3.8) is 0 Å². The Balaban J connectivity index is 1.70. The number of nitrogens with one attached hydrogen (secondary N) is 3. The number of halogens is 2. The molecule has 0 atom stereocenters. The van der Waals surface area contributed by atoms with Crippen LogP contribution in [0.1, 0.15) is 12.5 Å². The van der Waals surface area contributed by atoms with E-state index in [1.807, 2.05) is 6.92 Å². The molecule has 0 saturated heterocycles. The maximum absolute atomic E-state index is 14.3. The number of amides is 1. The third-order valence-electron chi connectivity index (χ3n) is 4.66. The van der Waals surface area contributed by atoms with Gasteiger partial charge < -0.3 is 20.7 Å².